The number of carbonyl (C=O) groups is 2. The fourth-order valence-corrected chi connectivity index (χ4v) is 1.87. The van der Waals surface area contributed by atoms with Crippen molar-refractivity contribution in [2.45, 2.75) is 13.0 Å². The Kier molecular flexibility index (Phi) is 4.56. The topological polar surface area (TPSA) is 78.4 Å². The van der Waals surface area contributed by atoms with Crippen LogP contribution in [0.1, 0.15) is 17.2 Å². The fourth-order valence-electron chi connectivity index (χ4n) is 1.87. The second-order valence-corrected chi connectivity index (χ2v) is 4.65. The summed E-state index contributed by atoms with van der Waals surface area (Å²) in [6, 6.07) is 14.1. The summed E-state index contributed by atoms with van der Waals surface area (Å²) in [5.41, 5.74) is 2.20. The number of rotatable bonds is 4. The molecule has 2 aromatic rings. The van der Waals surface area contributed by atoms with Crippen molar-refractivity contribution in [3.8, 4) is 0 Å². The van der Waals surface area contributed by atoms with Crippen molar-refractivity contribution in [1.29, 1.82) is 0 Å². The minimum absolute atomic E-state index is 0.518. The van der Waals surface area contributed by atoms with Gasteiger partial charge < -0.3 is 15.7 Å². The third kappa shape index (κ3) is 4.07. The molecule has 108 valence electrons. The Morgan fingerprint density at radius 2 is 1.62 bits per heavy atom. The lowest BCUT2D eigenvalue weighted by Crippen LogP contribution is -2.36. The molecule has 2 rings (SSSR count). The maximum absolute atomic E-state index is 11.9. The number of hydrogen-bond donors (Lipinski definition) is 3. The van der Waals surface area contributed by atoms with Gasteiger partial charge in [0.2, 0.25) is 0 Å². The number of benzene rings is 2. The number of aliphatic carboxylic acids is 1. The molecule has 1 atom stereocenters. The zero-order valence-corrected chi connectivity index (χ0v) is 11.5. The molecular formula is C16H16N2O3. The first kappa shape index (κ1) is 14.6. The quantitative estimate of drug-likeness (QED) is 0.807. The van der Waals surface area contributed by atoms with Crippen LogP contribution in [-0.2, 0) is 4.79 Å². The van der Waals surface area contributed by atoms with Crippen LogP contribution in [0.25, 0.3) is 0 Å². The highest BCUT2D eigenvalue weighted by Crippen LogP contribution is 2.14. The molecular weight excluding hydrogens is 268 g/mol. The molecule has 0 saturated heterocycles. The van der Waals surface area contributed by atoms with Crippen molar-refractivity contribution in [3.05, 3.63) is 65.7 Å². The molecule has 0 heterocycles. The van der Waals surface area contributed by atoms with E-state index in [0.29, 0.717) is 11.3 Å². The number of hydrogen-bond acceptors (Lipinski definition) is 2. The number of carboxylic acid groups (broad SMARTS) is 1. The van der Waals surface area contributed by atoms with Gasteiger partial charge in [-0.3, -0.25) is 0 Å². The second-order valence-electron chi connectivity index (χ2n) is 4.65. The minimum atomic E-state index is -1.11. The summed E-state index contributed by atoms with van der Waals surface area (Å²) in [5, 5.41) is 14.3. The molecule has 0 bridgehead atoms. The van der Waals surface area contributed by atoms with E-state index < -0.39 is 18.0 Å². The highest BCUT2D eigenvalue weighted by atomic mass is 16.4. The maximum atomic E-state index is 11.9. The van der Waals surface area contributed by atoms with E-state index in [4.69, 9.17) is 0 Å². The summed E-state index contributed by atoms with van der Waals surface area (Å²) in [7, 11) is 0. The van der Waals surface area contributed by atoms with Gasteiger partial charge in [-0.25, -0.2) is 9.59 Å². The maximum Gasteiger partial charge on any atom is 0.330 e. The van der Waals surface area contributed by atoms with Gasteiger partial charge in [0.25, 0.3) is 0 Å². The van der Waals surface area contributed by atoms with Crippen molar-refractivity contribution in [1.82, 2.24) is 5.32 Å². The van der Waals surface area contributed by atoms with Crippen LogP contribution in [0.15, 0.2) is 54.6 Å². The summed E-state index contributed by atoms with van der Waals surface area (Å²) in [6.07, 6.45) is 0. The van der Waals surface area contributed by atoms with Crippen LogP contribution < -0.4 is 10.6 Å². The van der Waals surface area contributed by atoms with Gasteiger partial charge in [-0.15, -0.1) is 0 Å². The number of urea groups is 1. The van der Waals surface area contributed by atoms with Gasteiger partial charge in [0.1, 0.15) is 0 Å². The highest BCUT2D eigenvalue weighted by Gasteiger charge is 2.21. The van der Waals surface area contributed by atoms with Crippen LogP contribution in [0.2, 0.25) is 0 Å². The number of carbonyl (C=O) groups excluding carboxylic acids is 1. The van der Waals surface area contributed by atoms with E-state index in [9.17, 15) is 14.7 Å². The van der Waals surface area contributed by atoms with Crippen molar-refractivity contribution in [2.24, 2.45) is 0 Å². The van der Waals surface area contributed by atoms with Crippen LogP contribution in [0.5, 0.6) is 0 Å². The summed E-state index contributed by atoms with van der Waals surface area (Å²) >= 11 is 0. The van der Waals surface area contributed by atoms with Crippen LogP contribution >= 0.6 is 0 Å². The fraction of sp³-hybridized carbons (Fsp3) is 0.125. The Balaban J connectivity index is 2.05. The molecule has 0 radical (unpaired) electrons. The largest absolute Gasteiger partial charge is 0.479 e. The molecule has 21 heavy (non-hydrogen) atoms. The van der Waals surface area contributed by atoms with Gasteiger partial charge >= 0.3 is 12.0 Å². The van der Waals surface area contributed by atoms with E-state index >= 15 is 0 Å². The predicted octanol–water partition coefficient (Wildman–Crippen LogP) is 2.94. The molecule has 2 amide bonds. The molecule has 3 N–H and O–H groups in total. The normalized spacial score (nSPS) is 11.5. The Morgan fingerprint density at radius 1 is 1.00 bits per heavy atom. The monoisotopic (exact) mass is 284 g/mol. The summed E-state index contributed by atoms with van der Waals surface area (Å²) in [5.74, 6) is -1.11. The van der Waals surface area contributed by atoms with Gasteiger partial charge in [-0.1, -0.05) is 48.0 Å². The number of anilines is 1. The number of aryl methyl sites for hydroxylation is 1. The second kappa shape index (κ2) is 6.56. The van der Waals surface area contributed by atoms with E-state index in [2.05, 4.69) is 10.6 Å². The Labute approximate surface area is 122 Å². The molecule has 0 aliphatic heterocycles. The lowest BCUT2D eigenvalue weighted by Gasteiger charge is -2.15. The molecule has 0 aliphatic carbocycles. The summed E-state index contributed by atoms with van der Waals surface area (Å²) in [6.45, 7) is 1.94. The first-order valence-electron chi connectivity index (χ1n) is 6.48. The van der Waals surface area contributed by atoms with Crippen LogP contribution in [0.3, 0.4) is 0 Å². The zero-order valence-electron chi connectivity index (χ0n) is 11.5. The van der Waals surface area contributed by atoms with E-state index in [1.54, 1.807) is 42.5 Å². The number of amides is 2. The number of carboxylic acids is 1. The van der Waals surface area contributed by atoms with Crippen LogP contribution in [-0.4, -0.2) is 17.1 Å². The van der Waals surface area contributed by atoms with Gasteiger partial charge in [0.05, 0.1) is 0 Å². The van der Waals surface area contributed by atoms with Crippen molar-refractivity contribution in [3.63, 3.8) is 0 Å². The first-order chi connectivity index (χ1) is 10.1. The number of nitrogens with one attached hydrogen (secondary N) is 2. The Hall–Kier alpha value is -2.82. The highest BCUT2D eigenvalue weighted by molar-refractivity contribution is 5.92. The standard InChI is InChI=1S/C16H16N2O3/c1-11-7-9-13(10-8-11)17-16(21)18-14(15(19)20)12-5-3-2-4-6-12/h2-10,14H,1H3,(H,19,20)(H2,17,18,21)/t14-/m1/s1. The molecule has 0 unspecified atom stereocenters. The molecule has 0 aliphatic rings. The van der Waals surface area contributed by atoms with Gasteiger partial charge in [-0.05, 0) is 24.6 Å². The lowest BCUT2D eigenvalue weighted by molar-refractivity contribution is -0.139. The predicted molar refractivity (Wildman–Crippen MR) is 80.2 cm³/mol. The zero-order chi connectivity index (χ0) is 15.2. The van der Waals surface area contributed by atoms with Crippen LogP contribution in [0.4, 0.5) is 10.5 Å². The van der Waals surface area contributed by atoms with Crippen molar-refractivity contribution < 1.29 is 14.7 Å². The summed E-state index contributed by atoms with van der Waals surface area (Å²) in [4.78, 5) is 23.2. The van der Waals surface area contributed by atoms with E-state index in [-0.39, 0.29) is 0 Å². The average Bonchev–Trinajstić information content (AvgIpc) is 2.48. The molecule has 5 nitrogen and oxygen atoms in total. The summed E-state index contributed by atoms with van der Waals surface area (Å²) < 4.78 is 0. The van der Waals surface area contributed by atoms with E-state index in [0.717, 1.165) is 5.56 Å². The third-order valence-corrected chi connectivity index (χ3v) is 2.96. The smallest absolute Gasteiger partial charge is 0.330 e. The SMILES string of the molecule is Cc1ccc(NC(=O)N[C@@H](C(=O)O)c2ccccc2)cc1. The van der Waals surface area contributed by atoms with Crippen molar-refractivity contribution in [2.75, 3.05) is 5.32 Å². The van der Waals surface area contributed by atoms with Crippen molar-refractivity contribution >= 4 is 17.7 Å². The molecule has 0 spiro atoms. The molecule has 2 aromatic carbocycles. The van der Waals surface area contributed by atoms with E-state index in [1.807, 2.05) is 19.1 Å². The Morgan fingerprint density at radius 3 is 2.19 bits per heavy atom. The van der Waals surface area contributed by atoms with E-state index in [1.165, 1.54) is 0 Å². The molecule has 0 aromatic heterocycles. The molecule has 5 heteroatoms. The van der Waals surface area contributed by atoms with Gasteiger partial charge in [0, 0.05) is 5.69 Å². The average molecular weight is 284 g/mol. The lowest BCUT2D eigenvalue weighted by atomic mass is 10.1. The third-order valence-electron chi connectivity index (χ3n) is 2.96. The van der Waals surface area contributed by atoms with Gasteiger partial charge in [-0.2, -0.15) is 0 Å². The molecule has 0 fully saturated rings. The van der Waals surface area contributed by atoms with Crippen LogP contribution in [0, 0.1) is 6.92 Å². The molecule has 0 saturated carbocycles. The van der Waals surface area contributed by atoms with Gasteiger partial charge in [0.15, 0.2) is 6.04 Å². The Bertz CT molecular complexity index is 624. The minimum Gasteiger partial charge on any atom is -0.479 e. The first-order valence-corrected chi connectivity index (χ1v) is 6.48.